The lowest BCUT2D eigenvalue weighted by Gasteiger charge is -2.27. The van der Waals surface area contributed by atoms with Crippen LogP contribution in [0.5, 0.6) is 0 Å². The van der Waals surface area contributed by atoms with E-state index < -0.39 is 0 Å². The van der Waals surface area contributed by atoms with E-state index in [9.17, 15) is 0 Å². The van der Waals surface area contributed by atoms with Crippen LogP contribution in [-0.4, -0.2) is 10.4 Å². The zero-order valence-corrected chi connectivity index (χ0v) is 32.3. The van der Waals surface area contributed by atoms with Crippen LogP contribution < -0.4 is 0 Å². The van der Waals surface area contributed by atoms with Gasteiger partial charge in [0.15, 0.2) is 0 Å². The average Bonchev–Trinajstić information content (AvgIpc) is 3.70. The summed E-state index contributed by atoms with van der Waals surface area (Å²) in [6.07, 6.45) is 9.83. The summed E-state index contributed by atoms with van der Waals surface area (Å²) >= 11 is 0. The van der Waals surface area contributed by atoms with E-state index in [1.165, 1.54) is 98.6 Å². The lowest BCUT2D eigenvalue weighted by molar-refractivity contribution is 0.660. The molecule has 3 aliphatic rings. The number of hydrogen-bond acceptors (Lipinski definition) is 1. The predicted octanol–water partition coefficient (Wildman–Crippen LogP) is 14.3. The summed E-state index contributed by atoms with van der Waals surface area (Å²) in [7, 11) is 0. The Morgan fingerprint density at radius 1 is 0.526 bits per heavy atom. The number of aliphatic imine (C=N–C) groups is 1. The van der Waals surface area contributed by atoms with E-state index in [1.54, 1.807) is 0 Å². The number of fused-ring (bicyclic) bond motifs is 13. The van der Waals surface area contributed by atoms with Gasteiger partial charge in [0.2, 0.25) is 0 Å². The summed E-state index contributed by atoms with van der Waals surface area (Å²) in [4.78, 5) is 5.68. The number of allylic oxidation sites excluding steroid dienone is 5. The van der Waals surface area contributed by atoms with Crippen LogP contribution in [0.15, 0.2) is 180 Å². The number of aryl methyl sites for hydroxylation is 1. The molecule has 0 amide bonds. The van der Waals surface area contributed by atoms with Gasteiger partial charge >= 0.3 is 0 Å². The number of nitrogens with zero attached hydrogens (tertiary/aromatic N) is 2. The zero-order chi connectivity index (χ0) is 38.0. The molecule has 0 radical (unpaired) electrons. The van der Waals surface area contributed by atoms with Gasteiger partial charge in [0.05, 0.1) is 16.7 Å². The van der Waals surface area contributed by atoms with Crippen molar-refractivity contribution in [3.63, 3.8) is 0 Å². The molecular formula is C55H40N2. The minimum atomic E-state index is -0.0446. The van der Waals surface area contributed by atoms with Crippen molar-refractivity contribution in [1.82, 2.24) is 4.57 Å². The minimum Gasteiger partial charge on any atom is -0.297 e. The Bertz CT molecular complexity index is 3330. The largest absolute Gasteiger partial charge is 0.297 e. The Morgan fingerprint density at radius 3 is 1.91 bits per heavy atom. The predicted molar refractivity (Wildman–Crippen MR) is 242 cm³/mol. The van der Waals surface area contributed by atoms with Crippen LogP contribution in [0.4, 0.5) is 0 Å². The Labute approximate surface area is 332 Å². The molecule has 270 valence electrons. The van der Waals surface area contributed by atoms with Crippen LogP contribution in [0.3, 0.4) is 0 Å². The molecule has 1 aromatic heterocycles. The van der Waals surface area contributed by atoms with Gasteiger partial charge in [0, 0.05) is 34.1 Å². The first kappa shape index (κ1) is 32.5. The number of benzene rings is 8. The van der Waals surface area contributed by atoms with Gasteiger partial charge in [0.1, 0.15) is 5.84 Å². The highest BCUT2D eigenvalue weighted by Crippen LogP contribution is 2.50. The number of hydrogen-bond donors (Lipinski definition) is 0. The second kappa shape index (κ2) is 11.9. The first-order valence-electron chi connectivity index (χ1n) is 20.2. The van der Waals surface area contributed by atoms with E-state index in [2.05, 4.69) is 195 Å². The molecule has 0 N–H and O–H groups in total. The monoisotopic (exact) mass is 728 g/mol. The molecule has 12 rings (SSSR count). The summed E-state index contributed by atoms with van der Waals surface area (Å²) in [6, 6.07) is 54.6. The third kappa shape index (κ3) is 4.68. The molecule has 0 bridgehead atoms. The van der Waals surface area contributed by atoms with Crippen LogP contribution >= 0.6 is 0 Å². The zero-order valence-electron chi connectivity index (χ0n) is 32.3. The van der Waals surface area contributed by atoms with E-state index in [1.807, 2.05) is 0 Å². The smallest absolute Gasteiger partial charge is 0.115 e. The lowest BCUT2D eigenvalue weighted by Crippen LogP contribution is -2.22. The van der Waals surface area contributed by atoms with Crippen molar-refractivity contribution in [3.8, 4) is 22.3 Å². The molecule has 0 saturated heterocycles. The maximum absolute atomic E-state index is 5.68. The van der Waals surface area contributed by atoms with Crippen LogP contribution in [0, 0.1) is 12.8 Å². The van der Waals surface area contributed by atoms with Crippen LogP contribution in [0.25, 0.3) is 82.1 Å². The summed E-state index contributed by atoms with van der Waals surface area (Å²) in [5.74, 6) is 1.31. The first-order valence-corrected chi connectivity index (χ1v) is 20.2. The van der Waals surface area contributed by atoms with Crippen molar-refractivity contribution in [2.75, 3.05) is 0 Å². The fourth-order valence-electron chi connectivity index (χ4n) is 10.4. The standard InChI is InChI=1S/C55H40N2/c1-33-20-26-51-47(28-33)48-29-34(35-21-25-45-44-18-10-11-19-49(44)55(2,3)50(45)31-35)23-27-52(48)57(51)53-32-36-12-4-5-13-38(36)54(56-53)37-22-24-43-41-16-7-6-14-39(41)40-15-8-9-17-42(40)46(43)30-37/h4-31,36H,32H2,1-3H3. The van der Waals surface area contributed by atoms with Crippen LogP contribution in [-0.2, 0) is 5.41 Å². The highest BCUT2D eigenvalue weighted by molar-refractivity contribution is 6.25. The van der Waals surface area contributed by atoms with Gasteiger partial charge in [-0.1, -0.05) is 153 Å². The molecule has 8 aromatic carbocycles. The molecule has 1 atom stereocenters. The third-order valence-electron chi connectivity index (χ3n) is 13.2. The Hall–Kier alpha value is -6.77. The van der Waals surface area contributed by atoms with Gasteiger partial charge in [-0.15, -0.1) is 0 Å². The topological polar surface area (TPSA) is 17.3 Å². The van der Waals surface area contributed by atoms with E-state index in [-0.39, 0.29) is 11.3 Å². The van der Waals surface area contributed by atoms with Crippen LogP contribution in [0.1, 0.15) is 42.5 Å². The van der Waals surface area contributed by atoms with Crippen molar-refractivity contribution in [2.45, 2.75) is 32.6 Å². The first-order chi connectivity index (χ1) is 27.9. The van der Waals surface area contributed by atoms with E-state index in [0.29, 0.717) is 0 Å². The molecule has 0 fully saturated rings. The molecule has 2 nitrogen and oxygen atoms in total. The van der Waals surface area contributed by atoms with Gasteiger partial charge < -0.3 is 0 Å². The van der Waals surface area contributed by atoms with E-state index in [0.717, 1.165) is 23.5 Å². The third-order valence-corrected chi connectivity index (χ3v) is 13.2. The van der Waals surface area contributed by atoms with Crippen molar-refractivity contribution in [1.29, 1.82) is 0 Å². The molecule has 2 aliphatic carbocycles. The maximum Gasteiger partial charge on any atom is 0.115 e. The normalized spacial score (nSPS) is 16.8. The molecule has 2 heteroatoms. The average molecular weight is 729 g/mol. The molecule has 2 heterocycles. The van der Waals surface area contributed by atoms with Crippen molar-refractivity contribution < 1.29 is 0 Å². The van der Waals surface area contributed by atoms with Gasteiger partial charge in [-0.05, 0) is 115 Å². The summed E-state index contributed by atoms with van der Waals surface area (Å²) in [5, 5.41) is 10.2. The Kier molecular flexibility index (Phi) is 6.76. The fraction of sp³-hybridized carbons (Fsp3) is 0.109. The highest BCUT2D eigenvalue weighted by atomic mass is 15.1. The molecular weight excluding hydrogens is 689 g/mol. The van der Waals surface area contributed by atoms with Gasteiger partial charge in [-0.2, -0.15) is 0 Å². The minimum absolute atomic E-state index is 0.0446. The second-order valence-electron chi connectivity index (χ2n) is 16.8. The maximum atomic E-state index is 5.68. The van der Waals surface area contributed by atoms with Gasteiger partial charge in [-0.25, -0.2) is 4.99 Å². The molecule has 9 aromatic rings. The van der Waals surface area contributed by atoms with Crippen LogP contribution in [0.2, 0.25) is 0 Å². The van der Waals surface area contributed by atoms with E-state index in [4.69, 9.17) is 4.99 Å². The van der Waals surface area contributed by atoms with Gasteiger partial charge in [0.25, 0.3) is 0 Å². The number of aromatic nitrogens is 1. The van der Waals surface area contributed by atoms with Crippen molar-refractivity contribution >= 4 is 65.7 Å². The van der Waals surface area contributed by atoms with E-state index >= 15 is 0 Å². The van der Waals surface area contributed by atoms with Crippen molar-refractivity contribution in [3.05, 3.63) is 198 Å². The molecule has 1 aliphatic heterocycles. The molecule has 57 heavy (non-hydrogen) atoms. The lowest BCUT2D eigenvalue weighted by atomic mass is 9.81. The Morgan fingerprint density at radius 2 is 1.12 bits per heavy atom. The van der Waals surface area contributed by atoms with Crippen molar-refractivity contribution in [2.24, 2.45) is 10.9 Å². The summed E-state index contributed by atoms with van der Waals surface area (Å²) < 4.78 is 2.45. The Balaban J connectivity index is 1.04. The fourth-order valence-corrected chi connectivity index (χ4v) is 10.4. The van der Waals surface area contributed by atoms with Gasteiger partial charge in [-0.3, -0.25) is 4.57 Å². The molecule has 0 spiro atoms. The quantitative estimate of drug-likeness (QED) is 0.158. The number of rotatable bonds is 2. The summed E-state index contributed by atoms with van der Waals surface area (Å²) in [6.45, 7) is 6.92. The highest BCUT2D eigenvalue weighted by Gasteiger charge is 2.35. The summed E-state index contributed by atoms with van der Waals surface area (Å²) in [5.41, 5.74) is 15.1. The molecule has 0 saturated carbocycles. The SMILES string of the molecule is Cc1ccc2c(c1)c1cc(-c3ccc4c(c3)C(C)(C)c3ccccc3-4)ccc1n2C1=NC(c2ccc3c4ccccc4c4ccccc4c3c2)=C2C=CC=CC2C1. The second-order valence-corrected chi connectivity index (χ2v) is 16.8. The molecule has 1 unspecified atom stereocenters.